The highest BCUT2D eigenvalue weighted by atomic mass is 16.6. The summed E-state index contributed by atoms with van der Waals surface area (Å²) in [4.78, 5) is 47.0. The molecule has 0 radical (unpaired) electrons. The van der Waals surface area contributed by atoms with Gasteiger partial charge in [0.1, 0.15) is 6.04 Å². The first kappa shape index (κ1) is 20.7. The van der Waals surface area contributed by atoms with Crippen LogP contribution < -0.4 is 22.1 Å². The third kappa shape index (κ3) is 7.40. The highest BCUT2D eigenvalue weighted by molar-refractivity contribution is 5.90. The zero-order chi connectivity index (χ0) is 19.2. The van der Waals surface area contributed by atoms with Crippen LogP contribution in [-0.2, 0) is 19.1 Å². The SMILES string of the molecule is CC(C)(C)CC(OC(N)=O)C(=O)NC(CC1CCCNC1=O)C(N)=O. The predicted molar refractivity (Wildman–Crippen MR) is 90.0 cm³/mol. The molecule has 0 saturated carbocycles. The monoisotopic (exact) mass is 356 g/mol. The van der Waals surface area contributed by atoms with Crippen LogP contribution in [0.25, 0.3) is 0 Å². The van der Waals surface area contributed by atoms with Crippen LogP contribution in [0.15, 0.2) is 0 Å². The lowest BCUT2D eigenvalue weighted by Crippen LogP contribution is -2.52. The molecule has 0 aliphatic carbocycles. The first-order chi connectivity index (χ1) is 11.5. The van der Waals surface area contributed by atoms with Crippen LogP contribution in [0.4, 0.5) is 4.79 Å². The summed E-state index contributed by atoms with van der Waals surface area (Å²) >= 11 is 0. The summed E-state index contributed by atoms with van der Waals surface area (Å²) in [6.45, 7) is 6.21. The summed E-state index contributed by atoms with van der Waals surface area (Å²) in [6.07, 6.45) is -0.476. The molecule has 1 rings (SSSR count). The van der Waals surface area contributed by atoms with Gasteiger partial charge in [-0.1, -0.05) is 20.8 Å². The second-order valence-electron chi connectivity index (χ2n) is 7.52. The molecule has 9 nitrogen and oxygen atoms in total. The molecule has 0 spiro atoms. The fraction of sp³-hybridized carbons (Fsp3) is 0.750. The van der Waals surface area contributed by atoms with Crippen molar-refractivity contribution in [2.45, 2.75) is 58.6 Å². The van der Waals surface area contributed by atoms with Gasteiger partial charge in [0.25, 0.3) is 5.91 Å². The van der Waals surface area contributed by atoms with E-state index in [0.29, 0.717) is 13.0 Å². The van der Waals surface area contributed by atoms with Crippen molar-refractivity contribution in [1.29, 1.82) is 0 Å². The lowest BCUT2D eigenvalue weighted by Gasteiger charge is -2.28. The highest BCUT2D eigenvalue weighted by Gasteiger charge is 2.33. The molecule has 4 amide bonds. The van der Waals surface area contributed by atoms with Crippen molar-refractivity contribution in [1.82, 2.24) is 10.6 Å². The largest absolute Gasteiger partial charge is 0.436 e. The van der Waals surface area contributed by atoms with Crippen molar-refractivity contribution in [3.05, 3.63) is 0 Å². The van der Waals surface area contributed by atoms with Crippen LogP contribution in [0.2, 0.25) is 0 Å². The predicted octanol–water partition coefficient (Wildman–Crippen LogP) is -0.227. The van der Waals surface area contributed by atoms with Crippen molar-refractivity contribution in [3.63, 3.8) is 0 Å². The van der Waals surface area contributed by atoms with Crippen LogP contribution in [-0.4, -0.2) is 42.5 Å². The number of nitrogens with one attached hydrogen (secondary N) is 2. The van der Waals surface area contributed by atoms with Crippen molar-refractivity contribution in [3.8, 4) is 0 Å². The number of amides is 4. The molecule has 0 aromatic rings. The second-order valence-corrected chi connectivity index (χ2v) is 7.52. The van der Waals surface area contributed by atoms with Gasteiger partial charge in [0, 0.05) is 12.5 Å². The van der Waals surface area contributed by atoms with Crippen molar-refractivity contribution in [2.75, 3.05) is 6.54 Å². The van der Waals surface area contributed by atoms with E-state index in [1.165, 1.54) is 0 Å². The molecule has 142 valence electrons. The van der Waals surface area contributed by atoms with E-state index in [2.05, 4.69) is 10.6 Å². The molecule has 3 unspecified atom stereocenters. The summed E-state index contributed by atoms with van der Waals surface area (Å²) in [5.41, 5.74) is 10.1. The molecule has 1 aliphatic rings. The Kier molecular flexibility index (Phi) is 7.20. The fourth-order valence-electron chi connectivity index (χ4n) is 2.74. The lowest BCUT2D eigenvalue weighted by atomic mass is 9.88. The number of rotatable bonds is 7. The molecule has 9 heteroatoms. The van der Waals surface area contributed by atoms with Gasteiger partial charge in [-0.05, 0) is 31.1 Å². The Morgan fingerprint density at radius 1 is 1.32 bits per heavy atom. The maximum absolute atomic E-state index is 12.4. The standard InChI is InChI=1S/C16H28N4O5/c1-16(2,3)8-11(25-15(18)24)14(23)20-10(12(17)21)7-9-5-4-6-19-13(9)22/h9-11H,4-8H2,1-3H3,(H2,17,21)(H2,18,24)(H,19,22)(H,20,23). The topological polar surface area (TPSA) is 154 Å². The fourth-order valence-corrected chi connectivity index (χ4v) is 2.74. The average Bonchev–Trinajstić information content (AvgIpc) is 2.45. The maximum atomic E-state index is 12.4. The minimum Gasteiger partial charge on any atom is -0.436 e. The summed E-state index contributed by atoms with van der Waals surface area (Å²) in [5, 5.41) is 5.21. The van der Waals surface area contributed by atoms with Gasteiger partial charge < -0.3 is 26.8 Å². The highest BCUT2D eigenvalue weighted by Crippen LogP contribution is 2.23. The maximum Gasteiger partial charge on any atom is 0.405 e. The molecule has 6 N–H and O–H groups in total. The van der Waals surface area contributed by atoms with Crippen LogP contribution in [0.3, 0.4) is 0 Å². The molecule has 3 atom stereocenters. The van der Waals surface area contributed by atoms with E-state index in [1.54, 1.807) is 0 Å². The number of carbonyl (C=O) groups excluding carboxylic acids is 4. The Morgan fingerprint density at radius 3 is 2.44 bits per heavy atom. The van der Waals surface area contributed by atoms with Crippen LogP contribution in [0.5, 0.6) is 0 Å². The average molecular weight is 356 g/mol. The molecule has 25 heavy (non-hydrogen) atoms. The molecular weight excluding hydrogens is 328 g/mol. The summed E-state index contributed by atoms with van der Waals surface area (Å²) in [5.74, 6) is -1.97. The summed E-state index contributed by atoms with van der Waals surface area (Å²) in [7, 11) is 0. The summed E-state index contributed by atoms with van der Waals surface area (Å²) < 4.78 is 4.88. The quantitative estimate of drug-likeness (QED) is 0.496. The first-order valence-corrected chi connectivity index (χ1v) is 8.33. The van der Waals surface area contributed by atoms with Crippen LogP contribution in [0, 0.1) is 11.3 Å². The first-order valence-electron chi connectivity index (χ1n) is 8.33. The Hall–Kier alpha value is -2.32. The zero-order valence-electron chi connectivity index (χ0n) is 15.0. The number of hydrogen-bond acceptors (Lipinski definition) is 5. The van der Waals surface area contributed by atoms with E-state index in [-0.39, 0.29) is 24.2 Å². The van der Waals surface area contributed by atoms with Gasteiger partial charge in [-0.2, -0.15) is 0 Å². The summed E-state index contributed by atoms with van der Waals surface area (Å²) in [6, 6.07) is -1.03. The van der Waals surface area contributed by atoms with E-state index in [0.717, 1.165) is 6.42 Å². The van der Waals surface area contributed by atoms with Gasteiger partial charge in [0.05, 0.1) is 0 Å². The Balaban J connectivity index is 2.79. The van der Waals surface area contributed by atoms with E-state index >= 15 is 0 Å². The Morgan fingerprint density at radius 2 is 1.96 bits per heavy atom. The number of nitrogens with two attached hydrogens (primary N) is 2. The second kappa shape index (κ2) is 8.68. The molecule has 1 fully saturated rings. The minimum absolute atomic E-state index is 0.103. The third-order valence-electron chi connectivity index (χ3n) is 3.93. The normalized spacial score (nSPS) is 20.1. The minimum atomic E-state index is -1.14. The molecule has 0 bridgehead atoms. The molecule has 0 aromatic heterocycles. The van der Waals surface area contributed by atoms with Crippen LogP contribution >= 0.6 is 0 Å². The van der Waals surface area contributed by atoms with Crippen LogP contribution in [0.1, 0.15) is 46.5 Å². The van der Waals surface area contributed by atoms with Crippen molar-refractivity contribution in [2.24, 2.45) is 22.8 Å². The van der Waals surface area contributed by atoms with E-state index in [4.69, 9.17) is 16.2 Å². The third-order valence-corrected chi connectivity index (χ3v) is 3.93. The van der Waals surface area contributed by atoms with Gasteiger partial charge in [-0.15, -0.1) is 0 Å². The Bertz CT molecular complexity index is 529. The van der Waals surface area contributed by atoms with E-state index in [1.807, 2.05) is 20.8 Å². The molecule has 0 aromatic carbocycles. The molecular formula is C16H28N4O5. The van der Waals surface area contributed by atoms with Gasteiger partial charge in [0.2, 0.25) is 11.8 Å². The van der Waals surface area contributed by atoms with Gasteiger partial charge in [-0.3, -0.25) is 14.4 Å². The Labute approximate surface area is 147 Å². The van der Waals surface area contributed by atoms with Gasteiger partial charge in [-0.25, -0.2) is 4.79 Å². The van der Waals surface area contributed by atoms with Crippen molar-refractivity contribution < 1.29 is 23.9 Å². The number of ether oxygens (including phenoxy) is 1. The number of carbonyl (C=O) groups is 4. The van der Waals surface area contributed by atoms with Gasteiger partial charge in [0.15, 0.2) is 6.10 Å². The molecule has 1 heterocycles. The lowest BCUT2D eigenvalue weighted by molar-refractivity contribution is -0.135. The number of piperidine rings is 1. The van der Waals surface area contributed by atoms with Crippen molar-refractivity contribution >= 4 is 23.8 Å². The smallest absolute Gasteiger partial charge is 0.405 e. The zero-order valence-corrected chi connectivity index (χ0v) is 15.0. The van der Waals surface area contributed by atoms with E-state index in [9.17, 15) is 19.2 Å². The van der Waals surface area contributed by atoms with Gasteiger partial charge >= 0.3 is 6.09 Å². The number of primary amides is 2. The van der Waals surface area contributed by atoms with E-state index < -0.39 is 36.0 Å². The molecule has 1 saturated heterocycles. The number of hydrogen-bond donors (Lipinski definition) is 4. The molecule has 1 aliphatic heterocycles.